The fourth-order valence-electron chi connectivity index (χ4n) is 10.5. The first-order valence-electron chi connectivity index (χ1n) is 16.8. The fraction of sp³-hybridized carbons (Fsp3) is 0.971. The average molecular weight is 545 g/mol. The molecule has 4 nitrogen and oxygen atoms in total. The van der Waals surface area contributed by atoms with Crippen LogP contribution in [0.15, 0.2) is 0 Å². The van der Waals surface area contributed by atoms with Crippen LogP contribution in [0.25, 0.3) is 0 Å². The van der Waals surface area contributed by atoms with E-state index in [9.17, 15) is 4.79 Å². The van der Waals surface area contributed by atoms with Gasteiger partial charge in [-0.05, 0) is 131 Å². The number of fused-ring (bicyclic) bond motifs is 5. The maximum Gasteiger partial charge on any atom is 0.316 e. The number of carbonyl (C=O) groups is 1. The summed E-state index contributed by atoms with van der Waals surface area (Å²) in [4.78, 5) is 13.2. The highest BCUT2D eigenvalue weighted by Gasteiger charge is 2.61. The molecule has 5 aliphatic rings. The molecule has 4 heteroatoms. The molecular weight excluding hydrogens is 484 g/mol. The molecule has 1 aliphatic heterocycles. The predicted molar refractivity (Wildman–Crippen MR) is 157 cm³/mol. The van der Waals surface area contributed by atoms with E-state index in [-0.39, 0.29) is 12.1 Å². The van der Waals surface area contributed by atoms with E-state index in [2.05, 4.69) is 34.6 Å². The van der Waals surface area contributed by atoms with Crippen LogP contribution in [0, 0.1) is 57.7 Å². The van der Waals surface area contributed by atoms with Crippen molar-refractivity contribution in [2.24, 2.45) is 57.7 Å². The summed E-state index contributed by atoms with van der Waals surface area (Å²) in [6.45, 7) is 19.1. The molecule has 0 bridgehead atoms. The largest absolute Gasteiger partial charge is 0.462 e. The average Bonchev–Trinajstić information content (AvgIpc) is 3.23. The van der Waals surface area contributed by atoms with Crippen LogP contribution in [0.5, 0.6) is 0 Å². The third kappa shape index (κ3) is 5.61. The lowest BCUT2D eigenvalue weighted by atomic mass is 9.44. The van der Waals surface area contributed by atoms with Crippen molar-refractivity contribution < 1.29 is 19.0 Å². The second kappa shape index (κ2) is 10.9. The number of ether oxygens (including phenoxy) is 3. The highest BCUT2D eigenvalue weighted by molar-refractivity contribution is 5.77. The van der Waals surface area contributed by atoms with E-state index in [0.29, 0.717) is 30.0 Å². The number of rotatable bonds is 7. The molecule has 3 unspecified atom stereocenters. The first-order chi connectivity index (χ1) is 18.3. The molecule has 4 saturated carbocycles. The van der Waals surface area contributed by atoms with E-state index in [1.807, 2.05) is 20.8 Å². The maximum absolute atomic E-state index is 13.2. The van der Waals surface area contributed by atoms with Gasteiger partial charge in [0.2, 0.25) is 0 Å². The Morgan fingerprint density at radius 3 is 2.18 bits per heavy atom. The van der Waals surface area contributed by atoms with Gasteiger partial charge < -0.3 is 14.2 Å². The van der Waals surface area contributed by atoms with E-state index in [4.69, 9.17) is 14.2 Å². The summed E-state index contributed by atoms with van der Waals surface area (Å²) in [5.41, 5.74) is 0.272. The van der Waals surface area contributed by atoms with Crippen molar-refractivity contribution in [1.29, 1.82) is 0 Å². The molecule has 4 aliphatic carbocycles. The van der Waals surface area contributed by atoms with Crippen molar-refractivity contribution in [3.8, 4) is 0 Å². The third-order valence-electron chi connectivity index (χ3n) is 13.1. The molecule has 39 heavy (non-hydrogen) atoms. The van der Waals surface area contributed by atoms with Crippen molar-refractivity contribution in [3.05, 3.63) is 0 Å². The topological polar surface area (TPSA) is 44.8 Å². The van der Waals surface area contributed by atoms with E-state index in [0.717, 1.165) is 48.3 Å². The van der Waals surface area contributed by atoms with Crippen LogP contribution in [-0.2, 0) is 19.0 Å². The molecule has 0 N–H and O–H groups in total. The summed E-state index contributed by atoms with van der Waals surface area (Å²) in [7, 11) is 0. The van der Waals surface area contributed by atoms with Gasteiger partial charge >= 0.3 is 5.97 Å². The maximum atomic E-state index is 13.2. The van der Waals surface area contributed by atoms with Gasteiger partial charge in [-0.3, -0.25) is 4.79 Å². The van der Waals surface area contributed by atoms with Crippen LogP contribution in [0.3, 0.4) is 0 Å². The Hall–Kier alpha value is -0.610. The summed E-state index contributed by atoms with van der Waals surface area (Å²) in [6, 6.07) is 0. The highest BCUT2D eigenvalue weighted by atomic mass is 16.7. The summed E-state index contributed by atoms with van der Waals surface area (Å²) >= 11 is 0. The van der Waals surface area contributed by atoms with Gasteiger partial charge in [-0.1, -0.05) is 53.9 Å². The lowest BCUT2D eigenvalue weighted by Crippen LogP contribution is -2.55. The standard InChI is InChI=1S/C35H60O4/c1-23(2)10-9-11-24(3)28-14-15-29-27-13-12-25-20-26(16-18-34(25,7)30(27)17-19-35(28,29)8)39-31(36)33(6)21-37-32(4,5)38-22-33/h23-30H,9-22H2,1-8H3/t24-,25+,26+,27?,28-,29?,30?,34+,35-/m1/s1. The molecule has 224 valence electrons. The summed E-state index contributed by atoms with van der Waals surface area (Å²) in [6.07, 6.45) is 16.1. The van der Waals surface area contributed by atoms with Crippen LogP contribution in [0.1, 0.15) is 132 Å². The van der Waals surface area contributed by atoms with Gasteiger partial charge in [0.15, 0.2) is 5.79 Å². The quantitative estimate of drug-likeness (QED) is 0.300. The molecule has 5 rings (SSSR count). The van der Waals surface area contributed by atoms with Gasteiger partial charge in [-0.15, -0.1) is 0 Å². The van der Waals surface area contributed by atoms with Crippen LogP contribution in [0.4, 0.5) is 0 Å². The molecule has 1 saturated heterocycles. The Morgan fingerprint density at radius 2 is 1.49 bits per heavy atom. The number of hydrogen-bond donors (Lipinski definition) is 0. The monoisotopic (exact) mass is 544 g/mol. The van der Waals surface area contributed by atoms with Gasteiger partial charge in [0.1, 0.15) is 11.5 Å². The third-order valence-corrected chi connectivity index (χ3v) is 13.1. The number of hydrogen-bond acceptors (Lipinski definition) is 4. The molecule has 9 atom stereocenters. The first kappa shape index (κ1) is 29.9. The molecule has 0 aromatic heterocycles. The first-order valence-corrected chi connectivity index (χ1v) is 16.8. The molecule has 5 fully saturated rings. The Kier molecular flexibility index (Phi) is 8.35. The molecular formula is C35H60O4. The van der Waals surface area contributed by atoms with Gasteiger partial charge in [0, 0.05) is 0 Å². The van der Waals surface area contributed by atoms with Crippen LogP contribution in [-0.4, -0.2) is 31.1 Å². The second-order valence-corrected chi connectivity index (χ2v) is 16.5. The zero-order chi connectivity index (χ0) is 28.2. The van der Waals surface area contributed by atoms with Crippen LogP contribution < -0.4 is 0 Å². The zero-order valence-corrected chi connectivity index (χ0v) is 26.7. The minimum Gasteiger partial charge on any atom is -0.462 e. The highest BCUT2D eigenvalue weighted by Crippen LogP contribution is 2.68. The smallest absolute Gasteiger partial charge is 0.316 e. The van der Waals surface area contributed by atoms with Crippen molar-refractivity contribution in [1.82, 2.24) is 0 Å². The number of esters is 1. The van der Waals surface area contributed by atoms with Gasteiger partial charge in [-0.2, -0.15) is 0 Å². The minimum absolute atomic E-state index is 0.0512. The Bertz CT molecular complexity index is 870. The minimum atomic E-state index is -0.702. The van der Waals surface area contributed by atoms with Crippen molar-refractivity contribution in [2.45, 2.75) is 144 Å². The van der Waals surface area contributed by atoms with Crippen LogP contribution in [0.2, 0.25) is 0 Å². The molecule has 0 radical (unpaired) electrons. The van der Waals surface area contributed by atoms with Crippen molar-refractivity contribution in [3.63, 3.8) is 0 Å². The van der Waals surface area contributed by atoms with Crippen LogP contribution >= 0.6 is 0 Å². The molecule has 0 aromatic rings. The molecule has 0 spiro atoms. The summed E-state index contributed by atoms with van der Waals surface area (Å²) < 4.78 is 17.9. The van der Waals surface area contributed by atoms with E-state index in [1.165, 1.54) is 64.2 Å². The number of carbonyl (C=O) groups excluding carboxylic acids is 1. The fourth-order valence-corrected chi connectivity index (χ4v) is 10.5. The van der Waals surface area contributed by atoms with E-state index in [1.54, 1.807) is 0 Å². The Balaban J connectivity index is 1.19. The summed E-state index contributed by atoms with van der Waals surface area (Å²) in [5.74, 6) is 5.28. The lowest BCUT2D eigenvalue weighted by Gasteiger charge is -2.61. The SMILES string of the molecule is CC(C)CCC[C@@H](C)[C@H]1CCC2C3CC[C@H]4C[C@@H](OC(=O)C5(C)COC(C)(C)OC5)CC[C@]4(C)C3CC[C@@]21C. The van der Waals surface area contributed by atoms with Gasteiger partial charge in [0.25, 0.3) is 0 Å². The second-order valence-electron chi connectivity index (χ2n) is 16.5. The lowest BCUT2D eigenvalue weighted by molar-refractivity contribution is -0.282. The van der Waals surface area contributed by atoms with Gasteiger partial charge in [0.05, 0.1) is 13.2 Å². The Labute approximate surface area is 240 Å². The van der Waals surface area contributed by atoms with Gasteiger partial charge in [-0.25, -0.2) is 0 Å². The molecule has 0 amide bonds. The molecule has 1 heterocycles. The summed E-state index contributed by atoms with van der Waals surface area (Å²) in [5, 5.41) is 0. The molecule has 0 aromatic carbocycles. The predicted octanol–water partition coefficient (Wildman–Crippen LogP) is 8.81. The van der Waals surface area contributed by atoms with Crippen molar-refractivity contribution in [2.75, 3.05) is 13.2 Å². The van der Waals surface area contributed by atoms with E-state index >= 15 is 0 Å². The normalized spacial score (nSPS) is 43.7. The van der Waals surface area contributed by atoms with E-state index < -0.39 is 11.2 Å². The Morgan fingerprint density at radius 1 is 0.821 bits per heavy atom. The van der Waals surface area contributed by atoms with Crippen molar-refractivity contribution >= 4 is 5.97 Å². The zero-order valence-electron chi connectivity index (χ0n) is 26.7.